The molecular weight excluding hydrogens is 354 g/mol. The molecule has 26 heavy (non-hydrogen) atoms. The lowest BCUT2D eigenvalue weighted by Crippen LogP contribution is -2.50. The van der Waals surface area contributed by atoms with Crippen LogP contribution in [0.4, 0.5) is 16.2 Å². The van der Waals surface area contributed by atoms with Crippen LogP contribution in [0.25, 0.3) is 0 Å². The number of piperazine rings is 1. The van der Waals surface area contributed by atoms with Gasteiger partial charge in [0.1, 0.15) is 0 Å². The lowest BCUT2D eigenvalue weighted by atomic mass is 10.2. The van der Waals surface area contributed by atoms with Gasteiger partial charge in [0.15, 0.2) is 0 Å². The quantitative estimate of drug-likeness (QED) is 0.837. The first-order chi connectivity index (χ1) is 12.6. The zero-order valence-electron chi connectivity index (χ0n) is 14.4. The number of carbonyl (C=O) groups excluding carboxylic acids is 2. The number of amides is 2. The van der Waals surface area contributed by atoms with E-state index in [1.165, 1.54) is 7.11 Å². The Morgan fingerprint density at radius 3 is 2.46 bits per heavy atom. The molecule has 0 aromatic heterocycles. The van der Waals surface area contributed by atoms with Crippen molar-refractivity contribution < 1.29 is 14.3 Å². The van der Waals surface area contributed by atoms with Gasteiger partial charge in [-0.3, -0.25) is 0 Å². The zero-order valence-corrected chi connectivity index (χ0v) is 15.2. The second-order valence-corrected chi connectivity index (χ2v) is 6.34. The van der Waals surface area contributed by atoms with Gasteiger partial charge in [-0.2, -0.15) is 0 Å². The monoisotopic (exact) mass is 373 g/mol. The Morgan fingerprint density at radius 1 is 1.04 bits per heavy atom. The number of carbonyl (C=O) groups is 2. The van der Waals surface area contributed by atoms with Crippen LogP contribution in [0.1, 0.15) is 10.4 Å². The van der Waals surface area contributed by atoms with Gasteiger partial charge in [0, 0.05) is 31.9 Å². The number of ether oxygens (including phenoxy) is 1. The van der Waals surface area contributed by atoms with Crippen LogP contribution in [-0.4, -0.2) is 50.2 Å². The van der Waals surface area contributed by atoms with E-state index in [0.717, 1.165) is 5.69 Å². The van der Waals surface area contributed by atoms with Crippen molar-refractivity contribution in [3.05, 3.63) is 59.1 Å². The third-order valence-electron chi connectivity index (χ3n) is 4.29. The second-order valence-electron chi connectivity index (χ2n) is 5.93. The van der Waals surface area contributed by atoms with Crippen molar-refractivity contribution in [3.63, 3.8) is 0 Å². The van der Waals surface area contributed by atoms with E-state index in [-0.39, 0.29) is 6.03 Å². The number of benzene rings is 2. The van der Waals surface area contributed by atoms with E-state index in [0.29, 0.717) is 42.5 Å². The number of nitrogens with one attached hydrogen (secondary N) is 1. The van der Waals surface area contributed by atoms with Crippen LogP contribution >= 0.6 is 11.6 Å². The number of hydrogen-bond donors (Lipinski definition) is 1. The second kappa shape index (κ2) is 8.10. The molecule has 1 heterocycles. The van der Waals surface area contributed by atoms with Crippen LogP contribution in [0.3, 0.4) is 0 Å². The van der Waals surface area contributed by atoms with E-state index in [4.69, 9.17) is 16.3 Å². The first-order valence-corrected chi connectivity index (χ1v) is 8.70. The van der Waals surface area contributed by atoms with E-state index in [1.807, 2.05) is 24.3 Å². The highest BCUT2D eigenvalue weighted by atomic mass is 35.5. The summed E-state index contributed by atoms with van der Waals surface area (Å²) in [5, 5.41) is 3.54. The third-order valence-corrected chi connectivity index (χ3v) is 4.61. The molecule has 0 atom stereocenters. The summed E-state index contributed by atoms with van der Waals surface area (Å²) >= 11 is 6.24. The van der Waals surface area contributed by atoms with E-state index in [9.17, 15) is 9.59 Å². The molecule has 1 N–H and O–H groups in total. The van der Waals surface area contributed by atoms with Gasteiger partial charge >= 0.3 is 12.0 Å². The number of para-hydroxylation sites is 1. The summed E-state index contributed by atoms with van der Waals surface area (Å²) in [4.78, 5) is 28.0. The topological polar surface area (TPSA) is 61.9 Å². The molecule has 0 saturated carbocycles. The molecule has 1 fully saturated rings. The lowest BCUT2D eigenvalue weighted by molar-refractivity contribution is 0.0600. The highest BCUT2D eigenvalue weighted by molar-refractivity contribution is 6.33. The Labute approximate surface area is 157 Å². The van der Waals surface area contributed by atoms with Crippen LogP contribution in [-0.2, 0) is 4.74 Å². The largest absolute Gasteiger partial charge is 0.465 e. The molecule has 136 valence electrons. The van der Waals surface area contributed by atoms with Gasteiger partial charge < -0.3 is 19.9 Å². The summed E-state index contributed by atoms with van der Waals surface area (Å²) in [5.74, 6) is -0.436. The van der Waals surface area contributed by atoms with Crippen LogP contribution in [0, 0.1) is 0 Å². The number of anilines is 2. The first kappa shape index (κ1) is 18.1. The van der Waals surface area contributed by atoms with Crippen molar-refractivity contribution in [3.8, 4) is 0 Å². The predicted molar refractivity (Wildman–Crippen MR) is 102 cm³/mol. The molecule has 7 heteroatoms. The standard InChI is InChI=1S/C19H20ClN3O3/c1-26-18(24)14-5-4-6-15(13-14)21-19(25)23-11-9-22(10-12-23)17-8-3-2-7-16(17)20/h2-8,13H,9-12H2,1H3,(H,21,25). The Bertz CT molecular complexity index is 804. The zero-order chi connectivity index (χ0) is 18.5. The maximum Gasteiger partial charge on any atom is 0.337 e. The predicted octanol–water partition coefficient (Wildman–Crippen LogP) is 3.48. The molecule has 0 aliphatic carbocycles. The molecule has 0 bridgehead atoms. The summed E-state index contributed by atoms with van der Waals surface area (Å²) in [5.41, 5.74) is 1.94. The van der Waals surface area contributed by atoms with Gasteiger partial charge in [-0.1, -0.05) is 29.8 Å². The maximum atomic E-state index is 12.5. The van der Waals surface area contributed by atoms with Gasteiger partial charge in [0.2, 0.25) is 0 Å². The summed E-state index contributed by atoms with van der Waals surface area (Å²) in [6.07, 6.45) is 0. The number of esters is 1. The Kier molecular flexibility index (Phi) is 5.63. The van der Waals surface area contributed by atoms with E-state index in [1.54, 1.807) is 29.2 Å². The average molecular weight is 374 g/mol. The van der Waals surface area contributed by atoms with E-state index < -0.39 is 5.97 Å². The van der Waals surface area contributed by atoms with Crippen molar-refractivity contribution in [1.82, 2.24) is 4.90 Å². The van der Waals surface area contributed by atoms with Crippen LogP contribution in [0.15, 0.2) is 48.5 Å². The molecule has 0 radical (unpaired) electrons. The smallest absolute Gasteiger partial charge is 0.337 e. The molecule has 1 aliphatic rings. The maximum absolute atomic E-state index is 12.5. The van der Waals surface area contributed by atoms with Crippen molar-refractivity contribution in [2.45, 2.75) is 0 Å². The van der Waals surface area contributed by atoms with Gasteiger partial charge in [0.05, 0.1) is 23.4 Å². The molecular formula is C19H20ClN3O3. The minimum absolute atomic E-state index is 0.189. The Morgan fingerprint density at radius 2 is 1.77 bits per heavy atom. The number of nitrogens with zero attached hydrogens (tertiary/aromatic N) is 2. The first-order valence-electron chi connectivity index (χ1n) is 8.32. The van der Waals surface area contributed by atoms with Crippen LogP contribution in [0.2, 0.25) is 5.02 Å². The number of methoxy groups -OCH3 is 1. The molecule has 2 aromatic carbocycles. The van der Waals surface area contributed by atoms with Gasteiger partial charge in [-0.15, -0.1) is 0 Å². The molecule has 2 aromatic rings. The molecule has 2 amide bonds. The third kappa shape index (κ3) is 4.08. The number of hydrogen-bond acceptors (Lipinski definition) is 4. The van der Waals surface area contributed by atoms with Crippen LogP contribution < -0.4 is 10.2 Å². The molecule has 6 nitrogen and oxygen atoms in total. The van der Waals surface area contributed by atoms with Gasteiger partial charge in [-0.05, 0) is 30.3 Å². The number of rotatable bonds is 3. The van der Waals surface area contributed by atoms with Gasteiger partial charge in [0.25, 0.3) is 0 Å². The van der Waals surface area contributed by atoms with E-state index in [2.05, 4.69) is 10.2 Å². The SMILES string of the molecule is COC(=O)c1cccc(NC(=O)N2CCN(c3ccccc3Cl)CC2)c1. The molecule has 0 spiro atoms. The summed E-state index contributed by atoms with van der Waals surface area (Å²) in [6, 6.07) is 14.2. The number of urea groups is 1. The normalized spacial score (nSPS) is 14.1. The summed E-state index contributed by atoms with van der Waals surface area (Å²) in [6.45, 7) is 2.60. The molecule has 1 aliphatic heterocycles. The van der Waals surface area contributed by atoms with Crippen molar-refractivity contribution >= 4 is 35.0 Å². The van der Waals surface area contributed by atoms with E-state index >= 15 is 0 Å². The minimum atomic E-state index is -0.436. The van der Waals surface area contributed by atoms with Crippen LogP contribution in [0.5, 0.6) is 0 Å². The fraction of sp³-hybridized carbons (Fsp3) is 0.263. The average Bonchev–Trinajstić information content (AvgIpc) is 2.68. The number of halogens is 1. The highest BCUT2D eigenvalue weighted by Crippen LogP contribution is 2.26. The molecule has 3 rings (SSSR count). The highest BCUT2D eigenvalue weighted by Gasteiger charge is 2.22. The Hall–Kier alpha value is -2.73. The molecule has 1 saturated heterocycles. The summed E-state index contributed by atoms with van der Waals surface area (Å²) in [7, 11) is 1.33. The minimum Gasteiger partial charge on any atom is -0.465 e. The molecule has 0 unspecified atom stereocenters. The van der Waals surface area contributed by atoms with Gasteiger partial charge in [-0.25, -0.2) is 9.59 Å². The van der Waals surface area contributed by atoms with Crippen molar-refractivity contribution in [1.29, 1.82) is 0 Å². The van der Waals surface area contributed by atoms with Crippen molar-refractivity contribution in [2.24, 2.45) is 0 Å². The fourth-order valence-electron chi connectivity index (χ4n) is 2.90. The summed E-state index contributed by atoms with van der Waals surface area (Å²) < 4.78 is 4.70. The lowest BCUT2D eigenvalue weighted by Gasteiger charge is -2.36. The Balaban J connectivity index is 1.59. The fourth-order valence-corrected chi connectivity index (χ4v) is 3.16. The van der Waals surface area contributed by atoms with Crippen molar-refractivity contribution in [2.75, 3.05) is 43.5 Å².